The molecule has 0 saturated heterocycles. The van der Waals surface area contributed by atoms with Crippen LogP contribution in [0.2, 0.25) is 0 Å². The van der Waals surface area contributed by atoms with E-state index in [1.165, 1.54) is 0 Å². The molecule has 1 rings (SSSR count). The van der Waals surface area contributed by atoms with Gasteiger partial charge in [0.15, 0.2) is 5.82 Å². The molecular weight excluding hydrogens is 166 g/mol. The third kappa shape index (κ3) is 3.14. The quantitative estimate of drug-likeness (QED) is 0.747. The molecule has 0 spiro atoms. The summed E-state index contributed by atoms with van der Waals surface area (Å²) in [4.78, 5) is 4.19. The Balaban J connectivity index is 2.44. The van der Waals surface area contributed by atoms with Crippen LogP contribution in [0.15, 0.2) is 4.52 Å². The molecule has 4 heteroatoms. The van der Waals surface area contributed by atoms with E-state index in [4.69, 9.17) is 10.3 Å². The van der Waals surface area contributed by atoms with Crippen LogP contribution in [0.25, 0.3) is 0 Å². The largest absolute Gasteiger partial charge is 0.339 e. The molecule has 0 amide bonds. The van der Waals surface area contributed by atoms with Gasteiger partial charge in [-0.1, -0.05) is 25.4 Å². The monoisotopic (exact) mass is 183 g/mol. The summed E-state index contributed by atoms with van der Waals surface area (Å²) in [7, 11) is 0. The number of aromatic nitrogens is 2. The first-order valence-electron chi connectivity index (χ1n) is 4.83. The summed E-state index contributed by atoms with van der Waals surface area (Å²) in [6.45, 7) is 4.12. The molecular formula is C9H17N3O. The van der Waals surface area contributed by atoms with Crippen LogP contribution in [0.5, 0.6) is 0 Å². The smallest absolute Gasteiger partial charge is 0.228 e. The Morgan fingerprint density at radius 1 is 1.46 bits per heavy atom. The molecule has 0 aliphatic carbocycles. The van der Waals surface area contributed by atoms with Gasteiger partial charge in [0.1, 0.15) is 0 Å². The maximum absolute atomic E-state index is 5.84. The fraction of sp³-hybridized carbons (Fsp3) is 0.778. The average Bonchev–Trinajstić information content (AvgIpc) is 2.52. The van der Waals surface area contributed by atoms with Gasteiger partial charge in [-0.05, 0) is 6.42 Å². The van der Waals surface area contributed by atoms with Gasteiger partial charge in [-0.2, -0.15) is 4.98 Å². The topological polar surface area (TPSA) is 64.9 Å². The van der Waals surface area contributed by atoms with E-state index in [2.05, 4.69) is 17.1 Å². The first-order chi connectivity index (χ1) is 6.26. The van der Waals surface area contributed by atoms with Crippen molar-refractivity contribution in [2.24, 2.45) is 5.73 Å². The van der Waals surface area contributed by atoms with Gasteiger partial charge in [-0.15, -0.1) is 0 Å². The fourth-order valence-electron chi connectivity index (χ4n) is 1.21. The predicted octanol–water partition coefficient (Wildman–Crippen LogP) is 1.30. The van der Waals surface area contributed by atoms with Gasteiger partial charge < -0.3 is 10.3 Å². The maximum atomic E-state index is 5.84. The highest BCUT2D eigenvalue weighted by Gasteiger charge is 2.09. The lowest BCUT2D eigenvalue weighted by atomic mass is 10.1. The average molecular weight is 183 g/mol. The molecule has 1 aromatic heterocycles. The molecule has 1 aromatic rings. The second kappa shape index (κ2) is 4.97. The molecule has 0 bridgehead atoms. The molecule has 1 unspecified atom stereocenters. The highest BCUT2D eigenvalue weighted by Crippen LogP contribution is 2.04. The first kappa shape index (κ1) is 10.2. The van der Waals surface area contributed by atoms with Gasteiger partial charge in [0, 0.05) is 18.9 Å². The minimum atomic E-state index is 0.148. The molecule has 2 N–H and O–H groups in total. The van der Waals surface area contributed by atoms with Crippen LogP contribution in [-0.2, 0) is 12.8 Å². The Bertz CT molecular complexity index is 247. The molecule has 0 saturated carbocycles. The molecule has 0 aromatic carbocycles. The SMILES string of the molecule is CCCC(N)Cc1nc(CC)no1. The molecule has 0 aliphatic rings. The van der Waals surface area contributed by atoms with Crippen molar-refractivity contribution in [1.82, 2.24) is 10.1 Å². The highest BCUT2D eigenvalue weighted by atomic mass is 16.5. The van der Waals surface area contributed by atoms with E-state index in [-0.39, 0.29) is 6.04 Å². The lowest BCUT2D eigenvalue weighted by Gasteiger charge is -2.05. The zero-order chi connectivity index (χ0) is 9.68. The van der Waals surface area contributed by atoms with E-state index in [9.17, 15) is 0 Å². The molecule has 0 radical (unpaired) electrons. The first-order valence-corrected chi connectivity index (χ1v) is 4.83. The molecule has 4 nitrogen and oxygen atoms in total. The molecule has 74 valence electrons. The van der Waals surface area contributed by atoms with Gasteiger partial charge in [0.05, 0.1) is 0 Å². The number of nitrogens with zero attached hydrogens (tertiary/aromatic N) is 2. The number of aryl methyl sites for hydroxylation is 1. The van der Waals surface area contributed by atoms with Crippen LogP contribution in [0.1, 0.15) is 38.4 Å². The van der Waals surface area contributed by atoms with Crippen LogP contribution in [0.3, 0.4) is 0 Å². The van der Waals surface area contributed by atoms with E-state index in [0.29, 0.717) is 12.3 Å². The van der Waals surface area contributed by atoms with E-state index in [1.807, 2.05) is 6.92 Å². The van der Waals surface area contributed by atoms with E-state index < -0.39 is 0 Å². The van der Waals surface area contributed by atoms with Gasteiger partial charge >= 0.3 is 0 Å². The van der Waals surface area contributed by atoms with Crippen molar-refractivity contribution in [3.05, 3.63) is 11.7 Å². The summed E-state index contributed by atoms with van der Waals surface area (Å²) >= 11 is 0. The second-order valence-corrected chi connectivity index (χ2v) is 3.21. The Morgan fingerprint density at radius 3 is 2.77 bits per heavy atom. The van der Waals surface area contributed by atoms with Crippen molar-refractivity contribution in [1.29, 1.82) is 0 Å². The Labute approximate surface area is 78.5 Å². The van der Waals surface area contributed by atoms with Gasteiger partial charge in [0.2, 0.25) is 5.89 Å². The zero-order valence-electron chi connectivity index (χ0n) is 8.29. The van der Waals surface area contributed by atoms with Gasteiger partial charge in [-0.3, -0.25) is 0 Å². The normalized spacial score (nSPS) is 13.2. The van der Waals surface area contributed by atoms with Crippen molar-refractivity contribution in [3.8, 4) is 0 Å². The number of rotatable bonds is 5. The van der Waals surface area contributed by atoms with Crippen molar-refractivity contribution in [2.75, 3.05) is 0 Å². The fourth-order valence-corrected chi connectivity index (χ4v) is 1.21. The van der Waals surface area contributed by atoms with Crippen LogP contribution in [-0.4, -0.2) is 16.2 Å². The molecule has 0 fully saturated rings. The van der Waals surface area contributed by atoms with Crippen LogP contribution < -0.4 is 5.73 Å². The Morgan fingerprint density at radius 2 is 2.23 bits per heavy atom. The molecule has 13 heavy (non-hydrogen) atoms. The number of nitrogens with two attached hydrogens (primary N) is 1. The lowest BCUT2D eigenvalue weighted by molar-refractivity contribution is 0.361. The highest BCUT2D eigenvalue weighted by molar-refractivity contribution is 4.88. The van der Waals surface area contributed by atoms with Crippen LogP contribution in [0.4, 0.5) is 0 Å². The Hall–Kier alpha value is -0.900. The predicted molar refractivity (Wildman–Crippen MR) is 50.3 cm³/mol. The third-order valence-electron chi connectivity index (χ3n) is 1.92. The van der Waals surface area contributed by atoms with Crippen molar-refractivity contribution >= 4 is 0 Å². The summed E-state index contributed by atoms with van der Waals surface area (Å²) in [6, 6.07) is 0.148. The van der Waals surface area contributed by atoms with Crippen molar-refractivity contribution < 1.29 is 4.52 Å². The Kier molecular flexibility index (Phi) is 3.89. The van der Waals surface area contributed by atoms with Crippen molar-refractivity contribution in [2.45, 2.75) is 45.6 Å². The molecule has 1 heterocycles. The molecule has 1 atom stereocenters. The van der Waals surface area contributed by atoms with Crippen LogP contribution in [0, 0.1) is 0 Å². The zero-order valence-corrected chi connectivity index (χ0v) is 8.29. The number of hydrogen-bond acceptors (Lipinski definition) is 4. The van der Waals surface area contributed by atoms with E-state index in [0.717, 1.165) is 25.1 Å². The molecule has 0 aliphatic heterocycles. The van der Waals surface area contributed by atoms with Crippen molar-refractivity contribution in [3.63, 3.8) is 0 Å². The minimum Gasteiger partial charge on any atom is -0.339 e. The van der Waals surface area contributed by atoms with Gasteiger partial charge in [0.25, 0.3) is 0 Å². The maximum Gasteiger partial charge on any atom is 0.228 e. The second-order valence-electron chi connectivity index (χ2n) is 3.21. The van der Waals surface area contributed by atoms with E-state index in [1.54, 1.807) is 0 Å². The lowest BCUT2D eigenvalue weighted by Crippen LogP contribution is -2.22. The summed E-state index contributed by atoms with van der Waals surface area (Å²) in [6.07, 6.45) is 3.60. The summed E-state index contributed by atoms with van der Waals surface area (Å²) in [5.41, 5.74) is 5.84. The summed E-state index contributed by atoms with van der Waals surface area (Å²) < 4.78 is 5.03. The van der Waals surface area contributed by atoms with E-state index >= 15 is 0 Å². The number of hydrogen-bond donors (Lipinski definition) is 1. The van der Waals surface area contributed by atoms with Crippen LogP contribution >= 0.6 is 0 Å². The minimum absolute atomic E-state index is 0.148. The summed E-state index contributed by atoms with van der Waals surface area (Å²) in [5.74, 6) is 1.43. The third-order valence-corrected chi connectivity index (χ3v) is 1.92. The summed E-state index contributed by atoms with van der Waals surface area (Å²) in [5, 5.41) is 3.81. The standard InChI is InChI=1S/C9H17N3O/c1-3-5-7(10)6-9-11-8(4-2)12-13-9/h7H,3-6,10H2,1-2H3. The van der Waals surface area contributed by atoms with Gasteiger partial charge in [-0.25, -0.2) is 0 Å².